The summed E-state index contributed by atoms with van der Waals surface area (Å²) in [6.07, 6.45) is 5.21. The molecule has 0 amide bonds. The largest absolute Gasteiger partial charge is 0.377 e. The lowest BCUT2D eigenvalue weighted by atomic mass is 10.0. The van der Waals surface area contributed by atoms with Gasteiger partial charge in [-0.3, -0.25) is 0 Å². The topological polar surface area (TPSA) is 21.3 Å². The number of ether oxygens (including phenoxy) is 1. The van der Waals surface area contributed by atoms with E-state index >= 15 is 0 Å². The normalized spacial score (nSPS) is 24.6. The van der Waals surface area contributed by atoms with Gasteiger partial charge in [-0.15, -0.1) is 0 Å². The Labute approximate surface area is 117 Å². The Morgan fingerprint density at radius 3 is 2.63 bits per heavy atom. The van der Waals surface area contributed by atoms with E-state index in [1.165, 1.54) is 30.4 Å². The predicted molar refractivity (Wildman–Crippen MR) is 80.4 cm³/mol. The molecular weight excluding hydrogens is 234 g/mol. The maximum absolute atomic E-state index is 5.60. The number of rotatable bonds is 6. The number of unbranched alkanes of at least 4 members (excludes halogenated alkanes) is 1. The maximum Gasteiger partial charge on any atom is 0.0700 e. The van der Waals surface area contributed by atoms with Gasteiger partial charge in [0.05, 0.1) is 6.10 Å². The lowest BCUT2D eigenvalue weighted by molar-refractivity contribution is 0.111. The van der Waals surface area contributed by atoms with Crippen molar-refractivity contribution < 1.29 is 4.74 Å². The van der Waals surface area contributed by atoms with E-state index < -0.39 is 0 Å². The SMILES string of the molecule is CCCCc1ccc(C(C)NC2CCOC2C)cc1. The molecule has 2 heteroatoms. The first-order valence-corrected chi connectivity index (χ1v) is 7.67. The van der Waals surface area contributed by atoms with E-state index in [0.29, 0.717) is 18.2 Å². The maximum atomic E-state index is 5.60. The van der Waals surface area contributed by atoms with Gasteiger partial charge in [0, 0.05) is 18.7 Å². The monoisotopic (exact) mass is 261 g/mol. The molecule has 2 nitrogen and oxygen atoms in total. The Bertz CT molecular complexity index is 373. The molecule has 1 aromatic rings. The van der Waals surface area contributed by atoms with Crippen molar-refractivity contribution in [3.63, 3.8) is 0 Å². The minimum Gasteiger partial charge on any atom is -0.377 e. The van der Waals surface area contributed by atoms with Crippen LogP contribution in [0.4, 0.5) is 0 Å². The van der Waals surface area contributed by atoms with E-state index in [-0.39, 0.29) is 0 Å². The highest BCUT2D eigenvalue weighted by Gasteiger charge is 2.25. The van der Waals surface area contributed by atoms with Crippen molar-refractivity contribution >= 4 is 0 Å². The summed E-state index contributed by atoms with van der Waals surface area (Å²) < 4.78 is 5.60. The van der Waals surface area contributed by atoms with Crippen molar-refractivity contribution in [1.29, 1.82) is 0 Å². The van der Waals surface area contributed by atoms with Crippen LogP contribution in [-0.4, -0.2) is 18.8 Å². The van der Waals surface area contributed by atoms with Gasteiger partial charge in [0.1, 0.15) is 0 Å². The van der Waals surface area contributed by atoms with Crippen LogP contribution in [0.2, 0.25) is 0 Å². The Morgan fingerprint density at radius 1 is 1.32 bits per heavy atom. The zero-order valence-corrected chi connectivity index (χ0v) is 12.5. The molecule has 0 aromatic heterocycles. The van der Waals surface area contributed by atoms with Crippen LogP contribution in [0.15, 0.2) is 24.3 Å². The number of benzene rings is 1. The van der Waals surface area contributed by atoms with E-state index in [0.717, 1.165) is 13.0 Å². The van der Waals surface area contributed by atoms with Gasteiger partial charge in [-0.25, -0.2) is 0 Å². The molecule has 0 bridgehead atoms. The van der Waals surface area contributed by atoms with Crippen molar-refractivity contribution in [2.75, 3.05) is 6.61 Å². The lowest BCUT2D eigenvalue weighted by Crippen LogP contribution is -2.36. The third-order valence-electron chi connectivity index (χ3n) is 4.14. The van der Waals surface area contributed by atoms with Crippen molar-refractivity contribution in [3.8, 4) is 0 Å². The second kappa shape index (κ2) is 7.06. The second-order valence-corrected chi connectivity index (χ2v) is 5.70. The van der Waals surface area contributed by atoms with Crippen molar-refractivity contribution in [1.82, 2.24) is 5.32 Å². The quantitative estimate of drug-likeness (QED) is 0.839. The number of hydrogen-bond donors (Lipinski definition) is 1. The standard InChI is InChI=1S/C17H27NO/c1-4-5-6-15-7-9-16(10-8-15)13(2)18-17-11-12-19-14(17)3/h7-10,13-14,17-18H,4-6,11-12H2,1-3H3. The highest BCUT2D eigenvalue weighted by Crippen LogP contribution is 2.20. The van der Waals surface area contributed by atoms with E-state index in [4.69, 9.17) is 4.74 Å². The van der Waals surface area contributed by atoms with Gasteiger partial charge >= 0.3 is 0 Å². The summed E-state index contributed by atoms with van der Waals surface area (Å²) >= 11 is 0. The fourth-order valence-corrected chi connectivity index (χ4v) is 2.72. The summed E-state index contributed by atoms with van der Waals surface area (Å²) in [5.74, 6) is 0. The molecule has 2 rings (SSSR count). The minimum atomic E-state index is 0.339. The summed E-state index contributed by atoms with van der Waals surface area (Å²) in [6.45, 7) is 7.53. The third-order valence-corrected chi connectivity index (χ3v) is 4.14. The highest BCUT2D eigenvalue weighted by atomic mass is 16.5. The second-order valence-electron chi connectivity index (χ2n) is 5.70. The molecule has 1 aliphatic rings. The number of nitrogens with one attached hydrogen (secondary N) is 1. The minimum absolute atomic E-state index is 0.339. The number of hydrogen-bond acceptors (Lipinski definition) is 2. The van der Waals surface area contributed by atoms with Crippen LogP contribution < -0.4 is 5.32 Å². The molecule has 3 atom stereocenters. The van der Waals surface area contributed by atoms with Gasteiger partial charge in [0.2, 0.25) is 0 Å². The van der Waals surface area contributed by atoms with Crippen LogP contribution in [0.5, 0.6) is 0 Å². The van der Waals surface area contributed by atoms with Gasteiger partial charge in [-0.05, 0) is 44.2 Å². The van der Waals surface area contributed by atoms with Crippen LogP contribution in [0.1, 0.15) is 57.2 Å². The smallest absolute Gasteiger partial charge is 0.0700 e. The van der Waals surface area contributed by atoms with E-state index in [1.807, 2.05) is 0 Å². The molecule has 1 N–H and O–H groups in total. The molecule has 0 radical (unpaired) electrons. The van der Waals surface area contributed by atoms with Gasteiger partial charge < -0.3 is 10.1 Å². The first kappa shape index (κ1) is 14.5. The van der Waals surface area contributed by atoms with E-state index in [1.54, 1.807) is 0 Å². The van der Waals surface area contributed by atoms with Crippen molar-refractivity contribution in [2.24, 2.45) is 0 Å². The summed E-state index contributed by atoms with van der Waals surface area (Å²) in [5.41, 5.74) is 2.83. The van der Waals surface area contributed by atoms with Gasteiger partial charge in [-0.1, -0.05) is 37.6 Å². The molecule has 0 aliphatic carbocycles. The Morgan fingerprint density at radius 2 is 2.05 bits per heavy atom. The first-order chi connectivity index (χ1) is 9.20. The van der Waals surface area contributed by atoms with Gasteiger partial charge in [0.15, 0.2) is 0 Å². The number of aryl methyl sites for hydroxylation is 1. The van der Waals surface area contributed by atoms with Crippen LogP contribution in [0.3, 0.4) is 0 Å². The van der Waals surface area contributed by atoms with Crippen LogP contribution in [-0.2, 0) is 11.2 Å². The highest BCUT2D eigenvalue weighted by molar-refractivity contribution is 5.25. The average molecular weight is 261 g/mol. The predicted octanol–water partition coefficient (Wildman–Crippen LogP) is 3.86. The molecule has 1 aliphatic heterocycles. The zero-order chi connectivity index (χ0) is 13.7. The summed E-state index contributed by atoms with van der Waals surface area (Å²) in [5, 5.41) is 3.68. The Kier molecular flexibility index (Phi) is 5.41. The fraction of sp³-hybridized carbons (Fsp3) is 0.647. The Balaban J connectivity index is 1.89. The van der Waals surface area contributed by atoms with Gasteiger partial charge in [0.25, 0.3) is 0 Å². The van der Waals surface area contributed by atoms with Crippen molar-refractivity contribution in [2.45, 2.75) is 64.6 Å². The van der Waals surface area contributed by atoms with E-state index in [9.17, 15) is 0 Å². The molecule has 1 heterocycles. The summed E-state index contributed by atoms with van der Waals surface area (Å²) in [7, 11) is 0. The molecular formula is C17H27NO. The molecule has 0 spiro atoms. The van der Waals surface area contributed by atoms with Gasteiger partial charge in [-0.2, -0.15) is 0 Å². The van der Waals surface area contributed by atoms with Crippen LogP contribution in [0.25, 0.3) is 0 Å². The van der Waals surface area contributed by atoms with Crippen LogP contribution in [0, 0.1) is 0 Å². The first-order valence-electron chi connectivity index (χ1n) is 7.67. The molecule has 1 saturated heterocycles. The summed E-state index contributed by atoms with van der Waals surface area (Å²) in [4.78, 5) is 0. The summed E-state index contributed by atoms with van der Waals surface area (Å²) in [6, 6.07) is 9.98. The fourth-order valence-electron chi connectivity index (χ4n) is 2.72. The molecule has 19 heavy (non-hydrogen) atoms. The zero-order valence-electron chi connectivity index (χ0n) is 12.5. The molecule has 0 saturated carbocycles. The van der Waals surface area contributed by atoms with Crippen LogP contribution >= 0.6 is 0 Å². The van der Waals surface area contributed by atoms with E-state index in [2.05, 4.69) is 50.4 Å². The lowest BCUT2D eigenvalue weighted by Gasteiger charge is -2.22. The molecule has 106 valence electrons. The molecule has 1 aromatic carbocycles. The van der Waals surface area contributed by atoms with Crippen molar-refractivity contribution in [3.05, 3.63) is 35.4 Å². The molecule has 3 unspecified atom stereocenters. The average Bonchev–Trinajstić information content (AvgIpc) is 2.82. The molecule has 1 fully saturated rings. The Hall–Kier alpha value is -0.860. The third kappa shape index (κ3) is 4.05.